The number of aryl methyl sites for hydroxylation is 2. The van der Waals surface area contributed by atoms with Crippen LogP contribution in [-0.2, 0) is 0 Å². The summed E-state index contributed by atoms with van der Waals surface area (Å²) in [7, 11) is 0. The summed E-state index contributed by atoms with van der Waals surface area (Å²) in [4.78, 5) is 0. The smallest absolute Gasteiger partial charge is 0.192 e. The van der Waals surface area contributed by atoms with E-state index in [2.05, 4.69) is 32.9 Å². The molecule has 0 aromatic heterocycles. The topological polar surface area (TPSA) is 40.5 Å². The van der Waals surface area contributed by atoms with Gasteiger partial charge in [-0.3, -0.25) is 0 Å². The Morgan fingerprint density at radius 1 is 1.00 bits per heavy atom. The molecular formula is C18H24O2. The lowest BCUT2D eigenvalue weighted by molar-refractivity contribution is -0.155. The van der Waals surface area contributed by atoms with E-state index in [-0.39, 0.29) is 5.92 Å². The molecule has 1 atom stereocenters. The molecule has 2 N–H and O–H groups in total. The molecule has 0 aliphatic heterocycles. The molecule has 2 heteroatoms. The summed E-state index contributed by atoms with van der Waals surface area (Å²) in [5, 5.41) is 20.4. The van der Waals surface area contributed by atoms with E-state index in [4.69, 9.17) is 0 Å². The molecule has 0 bridgehead atoms. The van der Waals surface area contributed by atoms with Crippen molar-refractivity contribution in [1.29, 1.82) is 0 Å². The lowest BCUT2D eigenvalue weighted by Crippen LogP contribution is -2.40. The Labute approximate surface area is 121 Å². The van der Waals surface area contributed by atoms with Crippen LogP contribution in [0.25, 0.3) is 5.57 Å². The summed E-state index contributed by atoms with van der Waals surface area (Å²) >= 11 is 0. The highest BCUT2D eigenvalue weighted by Crippen LogP contribution is 2.40. The van der Waals surface area contributed by atoms with E-state index in [0.717, 1.165) is 11.1 Å². The Morgan fingerprint density at radius 3 is 2.20 bits per heavy atom. The van der Waals surface area contributed by atoms with Gasteiger partial charge in [0.1, 0.15) is 0 Å². The Balaban J connectivity index is 2.68. The van der Waals surface area contributed by atoms with Crippen LogP contribution >= 0.6 is 0 Å². The van der Waals surface area contributed by atoms with Crippen LogP contribution in [0.5, 0.6) is 0 Å². The molecule has 20 heavy (non-hydrogen) atoms. The number of rotatable bonds is 1. The van der Waals surface area contributed by atoms with Crippen molar-refractivity contribution in [2.24, 2.45) is 5.92 Å². The van der Waals surface area contributed by atoms with Crippen molar-refractivity contribution in [2.75, 3.05) is 0 Å². The highest BCUT2D eigenvalue weighted by Gasteiger charge is 2.38. The molecule has 1 aliphatic rings. The van der Waals surface area contributed by atoms with Gasteiger partial charge in [-0.2, -0.15) is 0 Å². The molecule has 0 saturated carbocycles. The fourth-order valence-electron chi connectivity index (χ4n) is 2.92. The number of aliphatic hydroxyl groups is 2. The molecule has 2 rings (SSSR count). The van der Waals surface area contributed by atoms with Crippen LogP contribution < -0.4 is 0 Å². The van der Waals surface area contributed by atoms with Gasteiger partial charge in [0.25, 0.3) is 0 Å². The third-order valence-electron chi connectivity index (χ3n) is 4.72. The van der Waals surface area contributed by atoms with Gasteiger partial charge in [0.2, 0.25) is 0 Å². The number of benzene rings is 1. The summed E-state index contributed by atoms with van der Waals surface area (Å²) in [6, 6.07) is 4.36. The molecular weight excluding hydrogens is 248 g/mol. The molecule has 1 aromatic carbocycles. The highest BCUT2D eigenvalue weighted by molar-refractivity contribution is 5.81. The van der Waals surface area contributed by atoms with E-state index in [0.29, 0.717) is 5.57 Å². The quantitative estimate of drug-likeness (QED) is 0.766. The second kappa shape index (κ2) is 4.87. The van der Waals surface area contributed by atoms with Crippen LogP contribution in [0.2, 0.25) is 0 Å². The molecule has 1 aromatic rings. The highest BCUT2D eigenvalue weighted by atomic mass is 16.5. The zero-order valence-electron chi connectivity index (χ0n) is 13.2. The molecule has 0 amide bonds. The summed E-state index contributed by atoms with van der Waals surface area (Å²) in [6.07, 6.45) is 1.91. The fraction of sp³-hybridized carbons (Fsp3) is 0.444. The van der Waals surface area contributed by atoms with Crippen molar-refractivity contribution in [3.63, 3.8) is 0 Å². The predicted molar refractivity (Wildman–Crippen MR) is 83.3 cm³/mol. The summed E-state index contributed by atoms with van der Waals surface area (Å²) in [6.45, 7) is 12.0. The molecule has 108 valence electrons. The van der Waals surface area contributed by atoms with E-state index in [1.54, 1.807) is 6.92 Å². The minimum Gasteiger partial charge on any atom is -0.362 e. The van der Waals surface area contributed by atoms with Gasteiger partial charge in [0.05, 0.1) is 0 Å². The Kier molecular flexibility index (Phi) is 3.66. The average Bonchev–Trinajstić information content (AvgIpc) is 2.36. The van der Waals surface area contributed by atoms with E-state index in [1.165, 1.54) is 22.3 Å². The first-order valence-electron chi connectivity index (χ1n) is 7.08. The average molecular weight is 272 g/mol. The van der Waals surface area contributed by atoms with Crippen LogP contribution in [0, 0.1) is 26.7 Å². The van der Waals surface area contributed by atoms with Crippen molar-refractivity contribution < 1.29 is 10.2 Å². The summed E-state index contributed by atoms with van der Waals surface area (Å²) in [5.41, 5.74) is 7.69. The normalized spacial score (nSPS) is 22.0. The Morgan fingerprint density at radius 2 is 1.60 bits per heavy atom. The molecule has 1 unspecified atom stereocenters. The summed E-state index contributed by atoms with van der Waals surface area (Å²) < 4.78 is 0. The van der Waals surface area contributed by atoms with Crippen molar-refractivity contribution in [3.05, 3.63) is 51.6 Å². The van der Waals surface area contributed by atoms with Gasteiger partial charge in [-0.15, -0.1) is 0 Å². The van der Waals surface area contributed by atoms with Crippen LogP contribution in [0.4, 0.5) is 0 Å². The number of hydrogen-bond acceptors (Lipinski definition) is 2. The Bertz CT molecular complexity index is 619. The lowest BCUT2D eigenvalue weighted by atomic mass is 9.77. The minimum atomic E-state index is -1.74. The molecule has 0 spiro atoms. The van der Waals surface area contributed by atoms with Gasteiger partial charge in [0, 0.05) is 5.92 Å². The van der Waals surface area contributed by atoms with Gasteiger partial charge < -0.3 is 10.2 Å². The van der Waals surface area contributed by atoms with Gasteiger partial charge in [0.15, 0.2) is 5.79 Å². The maximum Gasteiger partial charge on any atom is 0.192 e. The molecule has 2 nitrogen and oxygen atoms in total. The molecule has 0 saturated heterocycles. The van der Waals surface area contributed by atoms with Gasteiger partial charge >= 0.3 is 0 Å². The second-order valence-corrected chi connectivity index (χ2v) is 6.13. The monoisotopic (exact) mass is 272 g/mol. The van der Waals surface area contributed by atoms with Crippen LogP contribution in [0.1, 0.15) is 43.0 Å². The predicted octanol–water partition coefficient (Wildman–Crippen LogP) is 3.66. The van der Waals surface area contributed by atoms with E-state index in [1.807, 2.05) is 19.9 Å². The first-order valence-corrected chi connectivity index (χ1v) is 7.08. The molecule has 0 fully saturated rings. The second-order valence-electron chi connectivity index (χ2n) is 6.13. The first kappa shape index (κ1) is 15.0. The maximum absolute atomic E-state index is 10.2. The zero-order valence-corrected chi connectivity index (χ0v) is 13.2. The van der Waals surface area contributed by atoms with E-state index < -0.39 is 5.79 Å². The lowest BCUT2D eigenvalue weighted by Gasteiger charge is -2.35. The van der Waals surface area contributed by atoms with Crippen molar-refractivity contribution in [1.82, 2.24) is 0 Å². The van der Waals surface area contributed by atoms with Gasteiger partial charge in [-0.1, -0.05) is 36.3 Å². The first-order chi connectivity index (χ1) is 9.16. The van der Waals surface area contributed by atoms with E-state index >= 15 is 0 Å². The Hall–Kier alpha value is -1.38. The van der Waals surface area contributed by atoms with E-state index in [9.17, 15) is 10.2 Å². The SMILES string of the molecule is CC1=CC(c2cc(C)cc(C)c2C)=C(C)C(C)C1(O)O. The van der Waals surface area contributed by atoms with Crippen molar-refractivity contribution in [3.8, 4) is 0 Å². The largest absolute Gasteiger partial charge is 0.362 e. The van der Waals surface area contributed by atoms with Crippen LogP contribution in [0.3, 0.4) is 0 Å². The fourth-order valence-corrected chi connectivity index (χ4v) is 2.92. The van der Waals surface area contributed by atoms with Crippen LogP contribution in [0.15, 0.2) is 29.4 Å². The standard InChI is InChI=1S/C18H24O2/c1-10-7-11(2)13(4)16(8-10)17-9-12(3)18(19,20)15(6)14(17)5/h7-9,15,19-20H,1-6H3. The summed E-state index contributed by atoms with van der Waals surface area (Å²) in [5.74, 6) is -2.04. The van der Waals surface area contributed by atoms with Crippen LogP contribution in [-0.4, -0.2) is 16.0 Å². The van der Waals surface area contributed by atoms with Gasteiger partial charge in [-0.25, -0.2) is 0 Å². The maximum atomic E-state index is 10.2. The molecule has 1 aliphatic carbocycles. The zero-order chi connectivity index (χ0) is 15.2. The van der Waals surface area contributed by atoms with Crippen molar-refractivity contribution in [2.45, 2.75) is 47.3 Å². The van der Waals surface area contributed by atoms with Gasteiger partial charge in [-0.05, 0) is 62.5 Å². The third-order valence-corrected chi connectivity index (χ3v) is 4.72. The molecule has 0 heterocycles. The molecule has 0 radical (unpaired) electrons. The minimum absolute atomic E-state index is 0.303. The number of allylic oxidation sites excluding steroid dienone is 2. The van der Waals surface area contributed by atoms with Crippen molar-refractivity contribution >= 4 is 5.57 Å². The third kappa shape index (κ3) is 2.23. The number of hydrogen-bond donors (Lipinski definition) is 2.